The Kier molecular flexibility index (Phi) is 11.9. The van der Waals surface area contributed by atoms with Crippen molar-refractivity contribution in [2.24, 2.45) is 0 Å². The van der Waals surface area contributed by atoms with E-state index in [1.807, 2.05) is 142 Å². The van der Waals surface area contributed by atoms with Crippen LogP contribution in [0.2, 0.25) is 0 Å². The molecule has 0 aliphatic carbocycles. The molecule has 6 rings (SSSR count). The normalized spacial score (nSPS) is 11.0. The molecule has 0 saturated carbocycles. The minimum atomic E-state index is -0.751. The zero-order valence-corrected chi connectivity index (χ0v) is 30.1. The first-order valence-corrected chi connectivity index (χ1v) is 17.5. The van der Waals surface area contributed by atoms with Gasteiger partial charge in [0.05, 0.1) is 16.7 Å². The van der Waals surface area contributed by atoms with Gasteiger partial charge in [0.2, 0.25) is 0 Å². The fraction of sp³-hybridized carbons (Fsp3) is 0.174. The van der Waals surface area contributed by atoms with Crippen molar-refractivity contribution in [2.75, 3.05) is 0 Å². The summed E-state index contributed by atoms with van der Waals surface area (Å²) in [7, 11) is 0. The van der Waals surface area contributed by atoms with E-state index in [1.165, 1.54) is 0 Å². The molecule has 0 bridgehead atoms. The molecule has 0 N–H and O–H groups in total. The number of hydrogen-bond donors (Lipinski definition) is 0. The standard InChI is InChI=1S/C46H42O7/c1-46(2,3)53-44(47)37-27-40(50-30-34-19-10-5-11-20-34)43(41(28-37)51-31-35-21-12-6-13-22-35)42-38(45(48)52-32-36-23-14-7-15-24-36)25-16-26-39(42)49-29-33-17-8-4-9-18-33/h4-28H,29-32H2,1-3H3. The molecule has 0 fully saturated rings. The van der Waals surface area contributed by atoms with Gasteiger partial charge in [-0.05, 0) is 67.3 Å². The van der Waals surface area contributed by atoms with Crippen LogP contribution in [0.1, 0.15) is 63.7 Å². The number of carbonyl (C=O) groups excluding carboxylic acids is 2. The lowest BCUT2D eigenvalue weighted by Crippen LogP contribution is -2.24. The molecule has 53 heavy (non-hydrogen) atoms. The topological polar surface area (TPSA) is 80.3 Å². The summed E-state index contributed by atoms with van der Waals surface area (Å²) in [5.74, 6) is -0.106. The quantitative estimate of drug-likeness (QED) is 0.104. The Morgan fingerprint density at radius 2 is 0.868 bits per heavy atom. The molecule has 7 heteroatoms. The highest BCUT2D eigenvalue weighted by Gasteiger charge is 2.29. The molecule has 6 aromatic carbocycles. The summed E-state index contributed by atoms with van der Waals surface area (Å²) in [6.07, 6.45) is 0. The van der Waals surface area contributed by atoms with E-state index in [0.29, 0.717) is 28.4 Å². The summed E-state index contributed by atoms with van der Waals surface area (Å²) in [5.41, 5.74) is 4.16. The van der Waals surface area contributed by atoms with Gasteiger partial charge in [-0.2, -0.15) is 0 Å². The third-order valence-electron chi connectivity index (χ3n) is 8.12. The summed E-state index contributed by atoms with van der Waals surface area (Å²) in [6, 6.07) is 47.2. The Hall–Kier alpha value is -6.34. The average Bonchev–Trinajstić information content (AvgIpc) is 3.18. The third kappa shape index (κ3) is 10.1. The summed E-state index contributed by atoms with van der Waals surface area (Å²) in [5, 5.41) is 0. The largest absolute Gasteiger partial charge is 0.488 e. The zero-order chi connectivity index (χ0) is 37.0. The molecule has 0 aromatic heterocycles. The Morgan fingerprint density at radius 1 is 0.453 bits per heavy atom. The number of ether oxygens (including phenoxy) is 5. The van der Waals surface area contributed by atoms with Crippen LogP contribution in [0.5, 0.6) is 17.2 Å². The van der Waals surface area contributed by atoms with E-state index in [9.17, 15) is 9.59 Å². The number of rotatable bonds is 14. The maximum Gasteiger partial charge on any atom is 0.339 e. The van der Waals surface area contributed by atoms with Gasteiger partial charge >= 0.3 is 11.9 Å². The molecule has 0 aliphatic rings. The van der Waals surface area contributed by atoms with Gasteiger partial charge in [-0.1, -0.05) is 127 Å². The lowest BCUT2D eigenvalue weighted by Gasteiger charge is -2.23. The summed E-state index contributed by atoms with van der Waals surface area (Å²) in [6.45, 7) is 6.08. The van der Waals surface area contributed by atoms with Gasteiger partial charge in [0, 0.05) is 5.56 Å². The van der Waals surface area contributed by atoms with Crippen LogP contribution in [0, 0.1) is 0 Å². The molecular formula is C46H42O7. The molecule has 0 atom stereocenters. The summed E-state index contributed by atoms with van der Waals surface area (Å²) < 4.78 is 31.4. The summed E-state index contributed by atoms with van der Waals surface area (Å²) >= 11 is 0. The van der Waals surface area contributed by atoms with Crippen molar-refractivity contribution in [3.63, 3.8) is 0 Å². The molecule has 0 amide bonds. The third-order valence-corrected chi connectivity index (χ3v) is 8.12. The minimum absolute atomic E-state index is 0.0700. The first kappa shape index (κ1) is 36.5. The second-order valence-electron chi connectivity index (χ2n) is 13.4. The van der Waals surface area contributed by atoms with Crippen LogP contribution in [0.4, 0.5) is 0 Å². The van der Waals surface area contributed by atoms with Gasteiger partial charge in [0.1, 0.15) is 49.3 Å². The first-order valence-electron chi connectivity index (χ1n) is 17.5. The van der Waals surface area contributed by atoms with Crippen LogP contribution in [-0.4, -0.2) is 17.5 Å². The fourth-order valence-corrected chi connectivity index (χ4v) is 5.61. The number of carbonyl (C=O) groups is 2. The van der Waals surface area contributed by atoms with Gasteiger partial charge in [-0.25, -0.2) is 9.59 Å². The van der Waals surface area contributed by atoms with Crippen molar-refractivity contribution in [1.82, 2.24) is 0 Å². The van der Waals surface area contributed by atoms with E-state index in [1.54, 1.807) is 30.3 Å². The predicted molar refractivity (Wildman–Crippen MR) is 205 cm³/mol. The van der Waals surface area contributed by atoms with Crippen LogP contribution >= 0.6 is 0 Å². The van der Waals surface area contributed by atoms with E-state index >= 15 is 0 Å². The highest BCUT2D eigenvalue weighted by atomic mass is 16.6. The smallest absolute Gasteiger partial charge is 0.339 e. The molecule has 268 valence electrons. The van der Waals surface area contributed by atoms with E-state index in [0.717, 1.165) is 22.3 Å². The van der Waals surface area contributed by atoms with Gasteiger partial charge in [0.15, 0.2) is 0 Å². The van der Waals surface area contributed by atoms with Gasteiger partial charge in [0.25, 0.3) is 0 Å². The van der Waals surface area contributed by atoms with Crippen molar-refractivity contribution >= 4 is 11.9 Å². The Labute approximate surface area is 310 Å². The van der Waals surface area contributed by atoms with Crippen molar-refractivity contribution in [3.05, 3.63) is 185 Å². The fourth-order valence-electron chi connectivity index (χ4n) is 5.61. The number of hydrogen-bond acceptors (Lipinski definition) is 7. The predicted octanol–water partition coefficient (Wildman–Crippen LogP) is 10.4. The Bertz CT molecular complexity index is 2040. The Balaban J connectivity index is 1.53. The molecule has 7 nitrogen and oxygen atoms in total. The monoisotopic (exact) mass is 706 g/mol. The second kappa shape index (κ2) is 17.2. The van der Waals surface area contributed by atoms with E-state index in [-0.39, 0.29) is 37.6 Å². The lowest BCUT2D eigenvalue weighted by atomic mass is 9.95. The van der Waals surface area contributed by atoms with Crippen molar-refractivity contribution in [3.8, 4) is 28.4 Å². The van der Waals surface area contributed by atoms with Gasteiger partial charge < -0.3 is 23.7 Å². The molecular weight excluding hydrogens is 664 g/mol. The van der Waals surface area contributed by atoms with Crippen LogP contribution in [0.25, 0.3) is 11.1 Å². The molecule has 0 aliphatic heterocycles. The lowest BCUT2D eigenvalue weighted by molar-refractivity contribution is 0.00683. The molecule has 0 heterocycles. The maximum atomic E-state index is 14.1. The molecule has 0 saturated heterocycles. The molecule has 0 spiro atoms. The highest BCUT2D eigenvalue weighted by Crippen LogP contribution is 2.47. The maximum absolute atomic E-state index is 14.1. The number of esters is 2. The van der Waals surface area contributed by atoms with Crippen LogP contribution in [0.15, 0.2) is 152 Å². The first-order chi connectivity index (χ1) is 25.7. The van der Waals surface area contributed by atoms with Crippen LogP contribution in [0.3, 0.4) is 0 Å². The van der Waals surface area contributed by atoms with Crippen molar-refractivity contribution in [2.45, 2.75) is 52.8 Å². The van der Waals surface area contributed by atoms with Gasteiger partial charge in [-0.3, -0.25) is 0 Å². The molecule has 6 aromatic rings. The summed E-state index contributed by atoms with van der Waals surface area (Å²) in [4.78, 5) is 27.8. The van der Waals surface area contributed by atoms with E-state index in [2.05, 4.69) is 0 Å². The Morgan fingerprint density at radius 3 is 1.30 bits per heavy atom. The highest BCUT2D eigenvalue weighted by molar-refractivity contribution is 6.02. The second-order valence-corrected chi connectivity index (χ2v) is 13.4. The molecule has 0 radical (unpaired) electrons. The average molecular weight is 707 g/mol. The van der Waals surface area contributed by atoms with Crippen LogP contribution < -0.4 is 14.2 Å². The number of benzene rings is 6. The SMILES string of the molecule is CC(C)(C)OC(=O)c1cc(OCc2ccccc2)c(-c2c(OCc3ccccc3)cccc2C(=O)OCc2ccccc2)c(OCc2ccccc2)c1. The van der Waals surface area contributed by atoms with E-state index < -0.39 is 17.5 Å². The minimum Gasteiger partial charge on any atom is -0.488 e. The molecule has 0 unspecified atom stereocenters. The van der Waals surface area contributed by atoms with Crippen molar-refractivity contribution < 1.29 is 33.3 Å². The van der Waals surface area contributed by atoms with Crippen LogP contribution in [-0.2, 0) is 35.9 Å². The zero-order valence-electron chi connectivity index (χ0n) is 30.1. The van der Waals surface area contributed by atoms with Gasteiger partial charge in [-0.15, -0.1) is 0 Å². The van der Waals surface area contributed by atoms with E-state index in [4.69, 9.17) is 23.7 Å². The van der Waals surface area contributed by atoms with Crippen molar-refractivity contribution in [1.29, 1.82) is 0 Å².